The maximum atomic E-state index is 12.9. The standard InChI is InChI=1S/C23H23NO6/c1-2-28-23(27)15-5-7-16(8-6-15)30-20-14-29-22-17(21(20)26)9-10-19(25)18(22)13-24-11-3-4-12-24/h5-10,14,25H,2-4,11-13H2,1H3. The van der Waals surface area contributed by atoms with Crippen molar-refractivity contribution in [2.75, 3.05) is 19.7 Å². The van der Waals surface area contributed by atoms with E-state index in [-0.39, 0.29) is 16.9 Å². The van der Waals surface area contributed by atoms with Gasteiger partial charge in [0.15, 0.2) is 0 Å². The first-order valence-corrected chi connectivity index (χ1v) is 10.0. The van der Waals surface area contributed by atoms with Gasteiger partial charge in [0.1, 0.15) is 23.3 Å². The third-order valence-corrected chi connectivity index (χ3v) is 5.16. The Morgan fingerprint density at radius 1 is 1.13 bits per heavy atom. The van der Waals surface area contributed by atoms with Crippen LogP contribution >= 0.6 is 0 Å². The number of hydrogen-bond donors (Lipinski definition) is 1. The van der Waals surface area contributed by atoms with E-state index in [1.54, 1.807) is 37.3 Å². The average molecular weight is 409 g/mol. The Kier molecular flexibility index (Phi) is 5.72. The Bertz CT molecular complexity index is 1110. The van der Waals surface area contributed by atoms with Gasteiger partial charge in [-0.25, -0.2) is 4.79 Å². The Hall–Kier alpha value is -3.32. The minimum atomic E-state index is -0.417. The van der Waals surface area contributed by atoms with Crippen LogP contribution in [0.2, 0.25) is 0 Å². The van der Waals surface area contributed by atoms with Gasteiger partial charge < -0.3 is 19.0 Å². The molecule has 1 N–H and O–H groups in total. The van der Waals surface area contributed by atoms with Crippen molar-refractivity contribution >= 4 is 16.9 Å². The van der Waals surface area contributed by atoms with Crippen LogP contribution in [0.25, 0.3) is 11.0 Å². The number of ether oxygens (including phenoxy) is 2. The number of carbonyl (C=O) groups excluding carboxylic acids is 1. The zero-order chi connectivity index (χ0) is 21.1. The average Bonchev–Trinajstić information content (AvgIpc) is 3.26. The van der Waals surface area contributed by atoms with E-state index in [0.29, 0.717) is 41.0 Å². The fourth-order valence-corrected chi connectivity index (χ4v) is 3.62. The molecule has 0 unspecified atom stereocenters. The number of phenolic OH excluding ortho intramolecular Hbond substituents is 1. The lowest BCUT2D eigenvalue weighted by molar-refractivity contribution is 0.0526. The summed E-state index contributed by atoms with van der Waals surface area (Å²) >= 11 is 0. The third kappa shape index (κ3) is 4.02. The number of benzene rings is 2. The smallest absolute Gasteiger partial charge is 0.338 e. The summed E-state index contributed by atoms with van der Waals surface area (Å²) < 4.78 is 16.4. The molecule has 1 aromatic heterocycles. The summed E-state index contributed by atoms with van der Waals surface area (Å²) in [7, 11) is 0. The molecule has 0 saturated carbocycles. The van der Waals surface area contributed by atoms with E-state index in [9.17, 15) is 14.7 Å². The maximum absolute atomic E-state index is 12.9. The van der Waals surface area contributed by atoms with Crippen molar-refractivity contribution in [3.63, 3.8) is 0 Å². The van der Waals surface area contributed by atoms with Crippen molar-refractivity contribution in [2.24, 2.45) is 0 Å². The van der Waals surface area contributed by atoms with E-state index in [0.717, 1.165) is 25.9 Å². The lowest BCUT2D eigenvalue weighted by Crippen LogP contribution is -2.19. The van der Waals surface area contributed by atoms with Crippen LogP contribution < -0.4 is 10.2 Å². The van der Waals surface area contributed by atoms with Crippen LogP contribution in [0.1, 0.15) is 35.7 Å². The van der Waals surface area contributed by atoms with Crippen molar-refractivity contribution < 1.29 is 23.8 Å². The van der Waals surface area contributed by atoms with Gasteiger partial charge in [-0.05, 0) is 69.3 Å². The highest BCUT2D eigenvalue weighted by Gasteiger charge is 2.19. The molecule has 0 atom stereocenters. The number of hydrogen-bond acceptors (Lipinski definition) is 7. The van der Waals surface area contributed by atoms with Crippen molar-refractivity contribution in [1.82, 2.24) is 4.90 Å². The van der Waals surface area contributed by atoms with Gasteiger partial charge in [-0.3, -0.25) is 9.69 Å². The van der Waals surface area contributed by atoms with E-state index < -0.39 is 5.97 Å². The van der Waals surface area contributed by atoms with Crippen molar-refractivity contribution in [1.29, 1.82) is 0 Å². The molecule has 7 heteroatoms. The van der Waals surface area contributed by atoms with Crippen LogP contribution in [0.4, 0.5) is 0 Å². The number of nitrogens with zero attached hydrogens (tertiary/aromatic N) is 1. The molecule has 0 aliphatic carbocycles. The predicted molar refractivity (Wildman–Crippen MR) is 111 cm³/mol. The molecule has 3 aromatic rings. The maximum Gasteiger partial charge on any atom is 0.338 e. The van der Waals surface area contributed by atoms with Crippen LogP contribution in [0.15, 0.2) is 51.9 Å². The number of carbonyl (C=O) groups is 1. The summed E-state index contributed by atoms with van der Waals surface area (Å²) in [6.45, 7) is 4.49. The second kappa shape index (κ2) is 8.59. The topological polar surface area (TPSA) is 89.2 Å². The summed E-state index contributed by atoms with van der Waals surface area (Å²) in [5, 5.41) is 10.7. The quantitative estimate of drug-likeness (QED) is 0.614. The van der Waals surface area contributed by atoms with Gasteiger partial charge in [-0.15, -0.1) is 0 Å². The van der Waals surface area contributed by atoms with E-state index in [1.807, 2.05) is 0 Å². The molecule has 1 aliphatic heterocycles. The molecule has 0 amide bonds. The number of esters is 1. The molecule has 0 spiro atoms. The molecule has 1 fully saturated rings. The molecular weight excluding hydrogens is 386 g/mol. The van der Waals surface area contributed by atoms with Gasteiger partial charge in [-0.2, -0.15) is 0 Å². The fraction of sp³-hybridized carbons (Fsp3) is 0.304. The normalized spacial score (nSPS) is 14.2. The Balaban J connectivity index is 1.61. The highest BCUT2D eigenvalue weighted by molar-refractivity contribution is 5.89. The summed E-state index contributed by atoms with van der Waals surface area (Å²) in [5.41, 5.74) is 1.05. The minimum Gasteiger partial charge on any atom is -0.507 e. The number of phenols is 1. The molecule has 0 bridgehead atoms. The monoisotopic (exact) mass is 409 g/mol. The zero-order valence-corrected chi connectivity index (χ0v) is 16.7. The SMILES string of the molecule is CCOC(=O)c1ccc(Oc2coc3c(CN4CCCC4)c(O)ccc3c2=O)cc1. The molecular formula is C23H23NO6. The number of fused-ring (bicyclic) bond motifs is 1. The summed E-state index contributed by atoms with van der Waals surface area (Å²) in [6, 6.07) is 9.38. The highest BCUT2D eigenvalue weighted by Crippen LogP contribution is 2.30. The first-order valence-electron chi connectivity index (χ1n) is 10.0. The molecule has 7 nitrogen and oxygen atoms in total. The molecule has 2 aromatic carbocycles. The molecule has 0 radical (unpaired) electrons. The van der Waals surface area contributed by atoms with Crippen molar-refractivity contribution in [3.8, 4) is 17.2 Å². The van der Waals surface area contributed by atoms with E-state index in [2.05, 4.69) is 4.90 Å². The first kappa shape index (κ1) is 20.0. The van der Waals surface area contributed by atoms with Gasteiger partial charge in [0.25, 0.3) is 0 Å². The van der Waals surface area contributed by atoms with Gasteiger partial charge in [-0.1, -0.05) is 0 Å². The first-order chi connectivity index (χ1) is 14.6. The van der Waals surface area contributed by atoms with Gasteiger partial charge >= 0.3 is 5.97 Å². The van der Waals surface area contributed by atoms with Crippen LogP contribution in [0.5, 0.6) is 17.2 Å². The van der Waals surface area contributed by atoms with Crippen LogP contribution in [0.3, 0.4) is 0 Å². The van der Waals surface area contributed by atoms with Gasteiger partial charge in [0, 0.05) is 6.54 Å². The third-order valence-electron chi connectivity index (χ3n) is 5.16. The lowest BCUT2D eigenvalue weighted by Gasteiger charge is -2.16. The Morgan fingerprint density at radius 2 is 1.87 bits per heavy atom. The Labute approximate surface area is 173 Å². The van der Waals surface area contributed by atoms with E-state index in [1.165, 1.54) is 12.3 Å². The van der Waals surface area contributed by atoms with Crippen LogP contribution in [0, 0.1) is 0 Å². The van der Waals surface area contributed by atoms with Gasteiger partial charge in [0.2, 0.25) is 11.2 Å². The van der Waals surface area contributed by atoms with Crippen molar-refractivity contribution in [2.45, 2.75) is 26.3 Å². The Morgan fingerprint density at radius 3 is 2.57 bits per heavy atom. The summed E-state index contributed by atoms with van der Waals surface area (Å²) in [4.78, 5) is 26.9. The van der Waals surface area contributed by atoms with E-state index in [4.69, 9.17) is 13.9 Å². The number of aromatic hydroxyl groups is 1. The van der Waals surface area contributed by atoms with Crippen LogP contribution in [-0.2, 0) is 11.3 Å². The second-order valence-electron chi connectivity index (χ2n) is 7.20. The highest BCUT2D eigenvalue weighted by atomic mass is 16.5. The zero-order valence-electron chi connectivity index (χ0n) is 16.7. The molecule has 1 saturated heterocycles. The lowest BCUT2D eigenvalue weighted by atomic mass is 10.1. The summed E-state index contributed by atoms with van der Waals surface area (Å²) in [6.07, 6.45) is 3.52. The molecule has 156 valence electrons. The molecule has 2 heterocycles. The van der Waals surface area contributed by atoms with E-state index >= 15 is 0 Å². The largest absolute Gasteiger partial charge is 0.507 e. The number of rotatable bonds is 6. The summed E-state index contributed by atoms with van der Waals surface area (Å²) in [5.74, 6) is 0.121. The fourth-order valence-electron chi connectivity index (χ4n) is 3.62. The predicted octanol–water partition coefficient (Wildman–Crippen LogP) is 4.06. The van der Waals surface area contributed by atoms with Crippen LogP contribution in [-0.4, -0.2) is 35.7 Å². The molecule has 1 aliphatic rings. The molecule has 30 heavy (non-hydrogen) atoms. The van der Waals surface area contributed by atoms with Gasteiger partial charge in [0.05, 0.1) is 23.1 Å². The minimum absolute atomic E-state index is 0.0317. The molecule has 4 rings (SSSR count). The number of likely N-dealkylation sites (tertiary alicyclic amines) is 1. The van der Waals surface area contributed by atoms with Crippen molar-refractivity contribution in [3.05, 3.63) is 64.0 Å². The second-order valence-corrected chi connectivity index (χ2v) is 7.20.